The summed E-state index contributed by atoms with van der Waals surface area (Å²) < 4.78 is 27.3. The smallest absolute Gasteiger partial charge is 0.240 e. The van der Waals surface area contributed by atoms with Gasteiger partial charge in [0, 0.05) is 12.6 Å². The van der Waals surface area contributed by atoms with Crippen molar-refractivity contribution in [2.75, 3.05) is 13.1 Å². The summed E-state index contributed by atoms with van der Waals surface area (Å²) in [6.07, 6.45) is 2.05. The maximum atomic E-state index is 12.3. The standard InChI is InChI=1S/C14H22N2O2S/c1-3-4-12-5-7-13(8-6-12)19(17,18)16-14-10-15-9-11(14)2/h5-8,11,14-16H,3-4,9-10H2,1-2H3. The largest absolute Gasteiger partial charge is 0.315 e. The number of hydrogen-bond acceptors (Lipinski definition) is 3. The van der Waals surface area contributed by atoms with Crippen LogP contribution in [0.15, 0.2) is 29.2 Å². The van der Waals surface area contributed by atoms with Crippen LogP contribution >= 0.6 is 0 Å². The Morgan fingerprint density at radius 3 is 2.47 bits per heavy atom. The van der Waals surface area contributed by atoms with E-state index in [-0.39, 0.29) is 6.04 Å². The molecule has 0 aliphatic carbocycles. The monoisotopic (exact) mass is 282 g/mol. The Bertz CT molecular complexity index is 511. The summed E-state index contributed by atoms with van der Waals surface area (Å²) in [6, 6.07) is 7.17. The molecule has 1 aliphatic heterocycles. The number of benzene rings is 1. The molecule has 2 rings (SSSR count). The lowest BCUT2D eigenvalue weighted by atomic mass is 10.1. The molecule has 0 spiro atoms. The van der Waals surface area contributed by atoms with E-state index in [1.807, 2.05) is 12.1 Å². The van der Waals surface area contributed by atoms with Crippen LogP contribution in [0.2, 0.25) is 0 Å². The first-order valence-corrected chi connectivity index (χ1v) is 8.33. The van der Waals surface area contributed by atoms with Crippen LogP contribution in [0, 0.1) is 5.92 Å². The van der Waals surface area contributed by atoms with Gasteiger partial charge in [-0.15, -0.1) is 0 Å². The highest BCUT2D eigenvalue weighted by molar-refractivity contribution is 7.89. The van der Waals surface area contributed by atoms with Gasteiger partial charge >= 0.3 is 0 Å². The Kier molecular flexibility index (Phi) is 4.60. The van der Waals surface area contributed by atoms with E-state index in [9.17, 15) is 8.42 Å². The Hall–Kier alpha value is -0.910. The molecule has 2 atom stereocenters. The summed E-state index contributed by atoms with van der Waals surface area (Å²) in [5, 5.41) is 3.20. The highest BCUT2D eigenvalue weighted by atomic mass is 32.2. The molecule has 1 saturated heterocycles. The predicted octanol–water partition coefficient (Wildman–Crippen LogP) is 1.53. The maximum Gasteiger partial charge on any atom is 0.240 e. The zero-order chi connectivity index (χ0) is 13.9. The lowest BCUT2D eigenvalue weighted by molar-refractivity contribution is 0.502. The lowest BCUT2D eigenvalue weighted by Crippen LogP contribution is -2.39. The van der Waals surface area contributed by atoms with E-state index in [1.165, 1.54) is 5.56 Å². The summed E-state index contributed by atoms with van der Waals surface area (Å²) in [5.74, 6) is 0.328. The summed E-state index contributed by atoms with van der Waals surface area (Å²) >= 11 is 0. The van der Waals surface area contributed by atoms with Gasteiger partial charge in [0.15, 0.2) is 0 Å². The summed E-state index contributed by atoms with van der Waals surface area (Å²) in [6.45, 7) is 5.73. The number of sulfonamides is 1. The van der Waals surface area contributed by atoms with Crippen molar-refractivity contribution in [2.45, 2.75) is 37.6 Å². The minimum Gasteiger partial charge on any atom is -0.315 e. The van der Waals surface area contributed by atoms with Gasteiger partial charge in [-0.25, -0.2) is 13.1 Å². The van der Waals surface area contributed by atoms with Gasteiger partial charge in [0.05, 0.1) is 4.90 Å². The molecule has 4 nitrogen and oxygen atoms in total. The van der Waals surface area contributed by atoms with Crippen molar-refractivity contribution < 1.29 is 8.42 Å². The first-order chi connectivity index (χ1) is 9.03. The average molecular weight is 282 g/mol. The van der Waals surface area contributed by atoms with Crippen molar-refractivity contribution in [2.24, 2.45) is 5.92 Å². The van der Waals surface area contributed by atoms with E-state index in [2.05, 4.69) is 23.9 Å². The second-order valence-corrected chi connectivity index (χ2v) is 6.97. The van der Waals surface area contributed by atoms with E-state index >= 15 is 0 Å². The fourth-order valence-corrected chi connectivity index (χ4v) is 3.70. The SMILES string of the molecule is CCCc1ccc(S(=O)(=O)NC2CNCC2C)cc1. The van der Waals surface area contributed by atoms with Gasteiger partial charge in [0.2, 0.25) is 10.0 Å². The van der Waals surface area contributed by atoms with E-state index in [1.54, 1.807) is 12.1 Å². The second-order valence-electron chi connectivity index (χ2n) is 5.26. The van der Waals surface area contributed by atoms with Crippen molar-refractivity contribution in [3.8, 4) is 0 Å². The molecular weight excluding hydrogens is 260 g/mol. The zero-order valence-corrected chi connectivity index (χ0v) is 12.3. The van der Waals surface area contributed by atoms with Crippen LogP contribution in [-0.2, 0) is 16.4 Å². The first-order valence-electron chi connectivity index (χ1n) is 6.85. The van der Waals surface area contributed by atoms with Crippen molar-refractivity contribution in [1.29, 1.82) is 0 Å². The lowest BCUT2D eigenvalue weighted by Gasteiger charge is -2.16. The Morgan fingerprint density at radius 1 is 1.26 bits per heavy atom. The molecule has 1 aromatic carbocycles. The number of rotatable bonds is 5. The third kappa shape index (κ3) is 3.55. The molecule has 19 heavy (non-hydrogen) atoms. The van der Waals surface area contributed by atoms with Crippen LogP contribution < -0.4 is 10.0 Å². The van der Waals surface area contributed by atoms with Crippen molar-refractivity contribution in [3.63, 3.8) is 0 Å². The summed E-state index contributed by atoms with van der Waals surface area (Å²) in [5.41, 5.74) is 1.18. The average Bonchev–Trinajstić information content (AvgIpc) is 2.75. The summed E-state index contributed by atoms with van der Waals surface area (Å²) in [4.78, 5) is 0.353. The van der Waals surface area contributed by atoms with Gasteiger partial charge in [0.25, 0.3) is 0 Å². The van der Waals surface area contributed by atoms with Gasteiger partial charge in [-0.1, -0.05) is 32.4 Å². The Balaban J connectivity index is 2.10. The molecule has 0 saturated carbocycles. The quantitative estimate of drug-likeness (QED) is 0.861. The minimum absolute atomic E-state index is 0.0136. The number of nitrogens with one attached hydrogen (secondary N) is 2. The molecule has 5 heteroatoms. The van der Waals surface area contributed by atoms with Gasteiger partial charge in [0.1, 0.15) is 0 Å². The van der Waals surface area contributed by atoms with Crippen LogP contribution in [-0.4, -0.2) is 27.5 Å². The first kappa shape index (κ1) is 14.5. The third-order valence-electron chi connectivity index (χ3n) is 3.60. The van der Waals surface area contributed by atoms with Crippen LogP contribution in [0.3, 0.4) is 0 Å². The van der Waals surface area contributed by atoms with E-state index in [0.717, 1.165) is 19.4 Å². The van der Waals surface area contributed by atoms with Crippen LogP contribution in [0.1, 0.15) is 25.8 Å². The molecule has 1 aliphatic rings. The molecule has 0 bridgehead atoms. The highest BCUT2D eigenvalue weighted by Gasteiger charge is 2.27. The molecule has 0 radical (unpaired) electrons. The fourth-order valence-electron chi connectivity index (χ4n) is 2.36. The normalized spacial score (nSPS) is 23.7. The van der Waals surface area contributed by atoms with Gasteiger partial charge in [-0.2, -0.15) is 0 Å². The minimum atomic E-state index is -3.40. The molecule has 1 heterocycles. The molecule has 2 unspecified atom stereocenters. The number of aryl methyl sites for hydroxylation is 1. The van der Waals surface area contributed by atoms with Crippen LogP contribution in [0.5, 0.6) is 0 Å². The summed E-state index contributed by atoms with van der Waals surface area (Å²) in [7, 11) is -3.40. The van der Waals surface area contributed by atoms with Gasteiger partial charge in [-0.3, -0.25) is 0 Å². The molecular formula is C14H22N2O2S. The third-order valence-corrected chi connectivity index (χ3v) is 5.10. The Labute approximate surface area is 115 Å². The highest BCUT2D eigenvalue weighted by Crippen LogP contribution is 2.15. The molecule has 0 aromatic heterocycles. The fraction of sp³-hybridized carbons (Fsp3) is 0.571. The van der Waals surface area contributed by atoms with Crippen molar-refractivity contribution in [3.05, 3.63) is 29.8 Å². The molecule has 106 valence electrons. The topological polar surface area (TPSA) is 58.2 Å². The maximum absolute atomic E-state index is 12.3. The molecule has 1 aromatic rings. The van der Waals surface area contributed by atoms with E-state index < -0.39 is 10.0 Å². The van der Waals surface area contributed by atoms with Crippen LogP contribution in [0.4, 0.5) is 0 Å². The van der Waals surface area contributed by atoms with Gasteiger partial charge in [-0.05, 0) is 36.6 Å². The Morgan fingerprint density at radius 2 is 1.95 bits per heavy atom. The zero-order valence-electron chi connectivity index (χ0n) is 11.5. The molecule has 2 N–H and O–H groups in total. The van der Waals surface area contributed by atoms with E-state index in [4.69, 9.17) is 0 Å². The van der Waals surface area contributed by atoms with E-state index in [0.29, 0.717) is 17.4 Å². The van der Waals surface area contributed by atoms with Crippen LogP contribution in [0.25, 0.3) is 0 Å². The molecule has 0 amide bonds. The second kappa shape index (κ2) is 6.03. The van der Waals surface area contributed by atoms with Crippen molar-refractivity contribution >= 4 is 10.0 Å². The molecule has 1 fully saturated rings. The van der Waals surface area contributed by atoms with Gasteiger partial charge < -0.3 is 5.32 Å². The predicted molar refractivity (Wildman–Crippen MR) is 76.6 cm³/mol. The van der Waals surface area contributed by atoms with Crippen molar-refractivity contribution in [1.82, 2.24) is 10.0 Å². The number of hydrogen-bond donors (Lipinski definition) is 2.